The van der Waals surface area contributed by atoms with Crippen molar-refractivity contribution >= 4 is 17.2 Å². The number of allylic oxidation sites excluding steroid dienone is 2. The van der Waals surface area contributed by atoms with Gasteiger partial charge in [-0.2, -0.15) is 0 Å². The zero-order chi connectivity index (χ0) is 17.5. The van der Waals surface area contributed by atoms with Gasteiger partial charge in [-0.05, 0) is 72.6 Å². The smallest absolute Gasteiger partial charge is 0.0218 e. The molecule has 2 aromatic rings. The minimum Gasteiger partial charge on any atom is -0.0952 e. The highest BCUT2D eigenvalue weighted by Crippen LogP contribution is 2.28. The summed E-state index contributed by atoms with van der Waals surface area (Å²) >= 11 is 0. The van der Waals surface area contributed by atoms with Crippen LogP contribution in [0.1, 0.15) is 74.8 Å². The summed E-state index contributed by atoms with van der Waals surface area (Å²) < 4.78 is 0. The van der Waals surface area contributed by atoms with Crippen molar-refractivity contribution in [2.75, 3.05) is 0 Å². The third kappa shape index (κ3) is 5.74. The highest BCUT2D eigenvalue weighted by Gasteiger charge is 2.06. The van der Waals surface area contributed by atoms with Crippen LogP contribution in [0.2, 0.25) is 0 Å². The van der Waals surface area contributed by atoms with Crippen molar-refractivity contribution in [1.82, 2.24) is 0 Å². The number of hydrogen-bond acceptors (Lipinski definition) is 0. The Morgan fingerprint density at radius 3 is 2.40 bits per heavy atom. The van der Waals surface area contributed by atoms with E-state index in [1.807, 2.05) is 0 Å². The standard InChI is InChI=1S/C24H30.CH4/c1-6-8-10-22(17-24-15-18(3)13-14-20(24)5)23-12-9-11-21(16-23)19(4)7-2;/h9,11-17H,4,6-8,10H2,1-3,5H3;1H4. The Kier molecular flexibility index (Phi) is 8.41. The molecule has 0 aliphatic carbocycles. The summed E-state index contributed by atoms with van der Waals surface area (Å²) in [7, 11) is 0. The molecule has 25 heavy (non-hydrogen) atoms. The van der Waals surface area contributed by atoms with Gasteiger partial charge in [-0.25, -0.2) is 0 Å². The maximum atomic E-state index is 4.20. The van der Waals surface area contributed by atoms with E-state index in [1.165, 1.54) is 51.8 Å². The molecule has 0 nitrogen and oxygen atoms in total. The first-order valence-electron chi connectivity index (χ1n) is 9.11. The van der Waals surface area contributed by atoms with Crippen LogP contribution < -0.4 is 0 Å². The van der Waals surface area contributed by atoms with E-state index in [2.05, 4.69) is 82.8 Å². The second-order valence-corrected chi connectivity index (χ2v) is 6.67. The van der Waals surface area contributed by atoms with Crippen molar-refractivity contribution in [2.24, 2.45) is 0 Å². The van der Waals surface area contributed by atoms with E-state index in [-0.39, 0.29) is 7.43 Å². The van der Waals surface area contributed by atoms with Gasteiger partial charge in [0.1, 0.15) is 0 Å². The fourth-order valence-corrected chi connectivity index (χ4v) is 2.91. The van der Waals surface area contributed by atoms with Crippen LogP contribution in [0.5, 0.6) is 0 Å². The summed E-state index contributed by atoms with van der Waals surface area (Å²) in [5.41, 5.74) is 9.21. The lowest BCUT2D eigenvalue weighted by molar-refractivity contribution is 0.825. The summed E-state index contributed by atoms with van der Waals surface area (Å²) in [6, 6.07) is 15.6. The van der Waals surface area contributed by atoms with Crippen molar-refractivity contribution in [1.29, 1.82) is 0 Å². The number of hydrogen-bond donors (Lipinski definition) is 0. The summed E-state index contributed by atoms with van der Waals surface area (Å²) in [5.74, 6) is 0. The first-order chi connectivity index (χ1) is 11.5. The molecule has 134 valence electrons. The molecule has 2 aromatic carbocycles. The second-order valence-electron chi connectivity index (χ2n) is 6.67. The molecule has 2 rings (SSSR count). The molecule has 0 heteroatoms. The number of rotatable bonds is 7. The zero-order valence-electron chi connectivity index (χ0n) is 15.7. The van der Waals surface area contributed by atoms with Crippen LogP contribution in [0.3, 0.4) is 0 Å². The predicted octanol–water partition coefficient (Wildman–Crippen LogP) is 8.09. The average Bonchev–Trinajstić information content (AvgIpc) is 2.60. The monoisotopic (exact) mass is 334 g/mol. The largest absolute Gasteiger partial charge is 0.0952 e. The van der Waals surface area contributed by atoms with Gasteiger partial charge in [0.25, 0.3) is 0 Å². The molecule has 0 amide bonds. The van der Waals surface area contributed by atoms with Crippen LogP contribution >= 0.6 is 0 Å². The minimum absolute atomic E-state index is 0. The molecule has 0 unspecified atom stereocenters. The predicted molar refractivity (Wildman–Crippen MR) is 116 cm³/mol. The molecular weight excluding hydrogens is 300 g/mol. The van der Waals surface area contributed by atoms with Gasteiger partial charge in [0, 0.05) is 0 Å². The highest BCUT2D eigenvalue weighted by molar-refractivity contribution is 5.83. The molecule has 0 aliphatic rings. The lowest BCUT2D eigenvalue weighted by Crippen LogP contribution is -1.91. The Labute approximate surface area is 155 Å². The van der Waals surface area contributed by atoms with E-state index in [9.17, 15) is 0 Å². The summed E-state index contributed by atoms with van der Waals surface area (Å²) in [6.45, 7) is 13.0. The van der Waals surface area contributed by atoms with Crippen molar-refractivity contribution < 1.29 is 0 Å². The first-order valence-corrected chi connectivity index (χ1v) is 9.11. The van der Waals surface area contributed by atoms with Crippen molar-refractivity contribution in [3.05, 3.63) is 76.9 Å². The fourth-order valence-electron chi connectivity index (χ4n) is 2.91. The van der Waals surface area contributed by atoms with Crippen LogP contribution in [0.25, 0.3) is 17.2 Å². The van der Waals surface area contributed by atoms with Gasteiger partial charge < -0.3 is 0 Å². The topological polar surface area (TPSA) is 0 Å². The van der Waals surface area contributed by atoms with Gasteiger partial charge in [0.05, 0.1) is 0 Å². The average molecular weight is 335 g/mol. The van der Waals surface area contributed by atoms with E-state index >= 15 is 0 Å². The maximum Gasteiger partial charge on any atom is -0.0218 e. The van der Waals surface area contributed by atoms with Crippen LogP contribution in [0.15, 0.2) is 49.0 Å². The quantitative estimate of drug-likeness (QED) is 0.449. The van der Waals surface area contributed by atoms with Crippen LogP contribution in [0, 0.1) is 13.8 Å². The van der Waals surface area contributed by atoms with E-state index in [4.69, 9.17) is 0 Å². The molecule has 0 saturated heterocycles. The molecule has 0 bridgehead atoms. The SMILES string of the molecule is C.C=C(CC)c1cccc(C(=Cc2cc(C)ccc2C)CCCC)c1. The molecule has 0 N–H and O–H groups in total. The molecule has 0 aliphatic heterocycles. The van der Waals surface area contributed by atoms with Gasteiger partial charge >= 0.3 is 0 Å². The fraction of sp³-hybridized carbons (Fsp3) is 0.360. The molecule has 0 saturated carbocycles. The van der Waals surface area contributed by atoms with Gasteiger partial charge in [-0.3, -0.25) is 0 Å². The Hall–Kier alpha value is -2.08. The number of unbranched alkanes of at least 4 members (excludes halogenated alkanes) is 1. The Balaban J connectivity index is 0.00000312. The van der Waals surface area contributed by atoms with Gasteiger partial charge in [-0.15, -0.1) is 0 Å². The molecule has 0 atom stereocenters. The van der Waals surface area contributed by atoms with Crippen molar-refractivity contribution in [3.8, 4) is 0 Å². The number of aryl methyl sites for hydroxylation is 2. The maximum absolute atomic E-state index is 4.20. The third-order valence-electron chi connectivity index (χ3n) is 4.63. The normalized spacial score (nSPS) is 11.1. The summed E-state index contributed by atoms with van der Waals surface area (Å²) in [4.78, 5) is 0. The molecule has 0 spiro atoms. The van der Waals surface area contributed by atoms with Crippen LogP contribution in [0.4, 0.5) is 0 Å². The highest BCUT2D eigenvalue weighted by atomic mass is 14.1. The second kappa shape index (κ2) is 10.0. The first kappa shape index (κ1) is 21.0. The molecule has 0 radical (unpaired) electrons. The Morgan fingerprint density at radius 1 is 1.00 bits per heavy atom. The Morgan fingerprint density at radius 2 is 1.72 bits per heavy atom. The van der Waals surface area contributed by atoms with Crippen LogP contribution in [-0.2, 0) is 0 Å². The molecule has 0 heterocycles. The Bertz CT molecular complexity index is 731. The van der Waals surface area contributed by atoms with E-state index < -0.39 is 0 Å². The number of benzene rings is 2. The molecule has 0 aromatic heterocycles. The molecular formula is C25H34. The van der Waals surface area contributed by atoms with Crippen molar-refractivity contribution in [2.45, 2.75) is 60.8 Å². The lowest BCUT2D eigenvalue weighted by Gasteiger charge is -2.12. The summed E-state index contributed by atoms with van der Waals surface area (Å²) in [5, 5.41) is 0. The van der Waals surface area contributed by atoms with Gasteiger partial charge in [0.2, 0.25) is 0 Å². The van der Waals surface area contributed by atoms with Gasteiger partial charge in [0.15, 0.2) is 0 Å². The minimum atomic E-state index is 0. The molecule has 0 fully saturated rings. The van der Waals surface area contributed by atoms with E-state index in [1.54, 1.807) is 0 Å². The van der Waals surface area contributed by atoms with E-state index in [0.29, 0.717) is 0 Å². The summed E-state index contributed by atoms with van der Waals surface area (Å²) in [6.07, 6.45) is 6.92. The zero-order valence-corrected chi connectivity index (χ0v) is 15.7. The van der Waals surface area contributed by atoms with Crippen molar-refractivity contribution in [3.63, 3.8) is 0 Å². The third-order valence-corrected chi connectivity index (χ3v) is 4.63. The van der Waals surface area contributed by atoms with E-state index in [0.717, 1.165) is 12.8 Å². The lowest BCUT2D eigenvalue weighted by atomic mass is 9.93. The van der Waals surface area contributed by atoms with Crippen LogP contribution in [-0.4, -0.2) is 0 Å². The van der Waals surface area contributed by atoms with Gasteiger partial charge in [-0.1, -0.05) is 82.3 Å².